The fraction of sp³-hybridized carbons (Fsp3) is 0.250. The van der Waals surface area contributed by atoms with Gasteiger partial charge in [-0.15, -0.1) is 0 Å². The maximum absolute atomic E-state index is 13.5. The summed E-state index contributed by atoms with van der Waals surface area (Å²) in [5.74, 6) is 0.986. The highest BCUT2D eigenvalue weighted by Crippen LogP contribution is 2.35. The van der Waals surface area contributed by atoms with Crippen molar-refractivity contribution in [2.45, 2.75) is 25.8 Å². The van der Waals surface area contributed by atoms with Gasteiger partial charge in [-0.2, -0.15) is 0 Å². The topological polar surface area (TPSA) is 62.1 Å². The first-order valence-corrected chi connectivity index (χ1v) is 10.1. The number of benzene rings is 2. The minimum Gasteiger partial charge on any atom is -0.359 e. The summed E-state index contributed by atoms with van der Waals surface area (Å²) < 4.78 is 5.50. The molecule has 0 amide bonds. The quantitative estimate of drug-likeness (QED) is 0.483. The number of hydrogen-bond donors (Lipinski definition) is 1. The maximum Gasteiger partial charge on any atom is 0.179 e. The van der Waals surface area contributed by atoms with Gasteiger partial charge in [-0.3, -0.25) is 9.69 Å². The molecule has 0 aliphatic carbocycles. The molecule has 1 aliphatic heterocycles. The average Bonchev–Trinajstić information content (AvgIpc) is 3.46. The molecule has 2 aromatic heterocycles. The summed E-state index contributed by atoms with van der Waals surface area (Å²) >= 11 is 0. The Balaban J connectivity index is 1.51. The second-order valence-electron chi connectivity index (χ2n) is 7.71. The lowest BCUT2D eigenvalue weighted by molar-refractivity contribution is 0.0913. The molecule has 146 valence electrons. The van der Waals surface area contributed by atoms with Gasteiger partial charge >= 0.3 is 0 Å². The van der Waals surface area contributed by atoms with Crippen LogP contribution in [0.1, 0.15) is 40.7 Å². The van der Waals surface area contributed by atoms with E-state index in [1.165, 1.54) is 0 Å². The van der Waals surface area contributed by atoms with Gasteiger partial charge < -0.3 is 9.51 Å². The molecule has 0 radical (unpaired) electrons. The number of rotatable bonds is 5. The summed E-state index contributed by atoms with van der Waals surface area (Å²) in [5.41, 5.74) is 4.55. The number of carbonyl (C=O) groups is 1. The Morgan fingerprint density at radius 1 is 1.17 bits per heavy atom. The molecule has 1 atom stereocenters. The SMILES string of the molecule is Cc1cc(C2CCCN2CC(=O)c2c(-c3ccccc3)[nH]c3ccccc23)on1. The van der Waals surface area contributed by atoms with E-state index in [2.05, 4.69) is 15.0 Å². The third kappa shape index (κ3) is 3.28. The maximum atomic E-state index is 13.5. The molecule has 5 rings (SSSR count). The minimum atomic E-state index is 0.116. The van der Waals surface area contributed by atoms with Crippen molar-refractivity contribution in [1.82, 2.24) is 15.0 Å². The summed E-state index contributed by atoms with van der Waals surface area (Å²) in [6, 6.07) is 20.2. The van der Waals surface area contributed by atoms with Crippen molar-refractivity contribution in [3.63, 3.8) is 0 Å². The zero-order chi connectivity index (χ0) is 19.8. The zero-order valence-electron chi connectivity index (χ0n) is 16.4. The Bertz CT molecular complexity index is 1160. The van der Waals surface area contributed by atoms with Crippen LogP contribution in [0.15, 0.2) is 65.2 Å². The van der Waals surface area contributed by atoms with Crippen LogP contribution in [0.3, 0.4) is 0 Å². The van der Waals surface area contributed by atoms with Crippen molar-refractivity contribution in [3.05, 3.63) is 77.7 Å². The molecule has 0 bridgehead atoms. The van der Waals surface area contributed by atoms with E-state index < -0.39 is 0 Å². The third-order valence-corrected chi connectivity index (χ3v) is 5.73. The van der Waals surface area contributed by atoms with Crippen molar-refractivity contribution in [2.75, 3.05) is 13.1 Å². The molecule has 0 saturated carbocycles. The Morgan fingerprint density at radius 3 is 2.76 bits per heavy atom. The molecule has 5 heteroatoms. The van der Waals surface area contributed by atoms with Crippen molar-refractivity contribution in [2.24, 2.45) is 0 Å². The molecule has 0 spiro atoms. The zero-order valence-corrected chi connectivity index (χ0v) is 16.4. The largest absolute Gasteiger partial charge is 0.359 e. The summed E-state index contributed by atoms with van der Waals surface area (Å²) in [6.07, 6.45) is 2.04. The van der Waals surface area contributed by atoms with Crippen LogP contribution < -0.4 is 0 Å². The van der Waals surface area contributed by atoms with E-state index >= 15 is 0 Å². The van der Waals surface area contributed by atoms with E-state index in [0.29, 0.717) is 6.54 Å². The number of H-pyrrole nitrogens is 1. The number of likely N-dealkylation sites (tertiary alicyclic amines) is 1. The second kappa shape index (κ2) is 7.33. The monoisotopic (exact) mass is 385 g/mol. The summed E-state index contributed by atoms with van der Waals surface area (Å²) in [6.45, 7) is 3.18. The molecule has 1 saturated heterocycles. The fourth-order valence-corrected chi connectivity index (χ4v) is 4.39. The van der Waals surface area contributed by atoms with E-state index in [9.17, 15) is 4.79 Å². The minimum absolute atomic E-state index is 0.116. The van der Waals surface area contributed by atoms with Gasteiger partial charge in [0.15, 0.2) is 11.5 Å². The number of aryl methyl sites for hydroxylation is 1. The van der Waals surface area contributed by atoms with E-state index in [1.54, 1.807) is 0 Å². The lowest BCUT2D eigenvalue weighted by atomic mass is 10.0. The first-order valence-electron chi connectivity index (χ1n) is 10.1. The molecule has 1 unspecified atom stereocenters. The van der Waals surface area contributed by atoms with Crippen molar-refractivity contribution in [1.29, 1.82) is 0 Å². The van der Waals surface area contributed by atoms with Gasteiger partial charge in [0.25, 0.3) is 0 Å². The number of Topliss-reactive ketones (excluding diaryl/α,β-unsaturated/α-hetero) is 1. The van der Waals surface area contributed by atoms with Crippen LogP contribution in [-0.2, 0) is 0 Å². The van der Waals surface area contributed by atoms with Gasteiger partial charge in [0.1, 0.15) is 0 Å². The molecule has 29 heavy (non-hydrogen) atoms. The normalized spacial score (nSPS) is 17.2. The van der Waals surface area contributed by atoms with Gasteiger partial charge in [-0.1, -0.05) is 53.7 Å². The van der Waals surface area contributed by atoms with Crippen LogP contribution in [0.4, 0.5) is 0 Å². The summed E-state index contributed by atoms with van der Waals surface area (Å²) in [4.78, 5) is 19.2. The number of hydrogen-bond acceptors (Lipinski definition) is 4. The molecule has 1 fully saturated rings. The van der Waals surface area contributed by atoms with E-state index in [0.717, 1.165) is 58.6 Å². The Morgan fingerprint density at radius 2 is 1.97 bits per heavy atom. The standard InChI is InChI=1S/C24H23N3O2/c1-16-14-22(29-26-16)20-12-7-13-27(20)15-21(28)23-18-10-5-6-11-19(18)25-24(23)17-8-3-2-4-9-17/h2-6,8-11,14,20,25H,7,12-13,15H2,1H3. The first-order chi connectivity index (χ1) is 14.2. The van der Waals surface area contributed by atoms with Crippen molar-refractivity contribution < 1.29 is 9.32 Å². The Hall–Kier alpha value is -3.18. The smallest absolute Gasteiger partial charge is 0.179 e. The molecule has 4 aromatic rings. The Kier molecular flexibility index (Phi) is 4.52. The molecule has 1 N–H and O–H groups in total. The fourth-order valence-electron chi connectivity index (χ4n) is 4.39. The van der Waals surface area contributed by atoms with Gasteiger partial charge in [-0.05, 0) is 37.9 Å². The third-order valence-electron chi connectivity index (χ3n) is 5.73. The molecule has 2 aromatic carbocycles. The highest BCUT2D eigenvalue weighted by molar-refractivity contribution is 6.14. The van der Waals surface area contributed by atoms with Crippen LogP contribution in [0, 0.1) is 6.92 Å². The van der Waals surface area contributed by atoms with Crippen LogP contribution in [0.5, 0.6) is 0 Å². The number of aromatic nitrogens is 2. The van der Waals surface area contributed by atoms with Crippen molar-refractivity contribution in [3.8, 4) is 11.3 Å². The number of ketones is 1. The van der Waals surface area contributed by atoms with Gasteiger partial charge in [-0.25, -0.2) is 0 Å². The number of nitrogens with zero attached hydrogens (tertiary/aromatic N) is 2. The molecular weight excluding hydrogens is 362 g/mol. The number of fused-ring (bicyclic) bond motifs is 1. The predicted octanol–water partition coefficient (Wildman–Crippen LogP) is 5.15. The highest BCUT2D eigenvalue weighted by atomic mass is 16.5. The number of carbonyl (C=O) groups excluding carboxylic acids is 1. The first kappa shape index (κ1) is 17.9. The highest BCUT2D eigenvalue weighted by Gasteiger charge is 2.32. The predicted molar refractivity (Wildman–Crippen MR) is 113 cm³/mol. The Labute approximate surface area is 169 Å². The number of para-hydroxylation sites is 1. The molecule has 5 nitrogen and oxygen atoms in total. The molecule has 3 heterocycles. The average molecular weight is 385 g/mol. The summed E-state index contributed by atoms with van der Waals surface area (Å²) in [5, 5.41) is 5.00. The van der Waals surface area contributed by atoms with E-state index in [-0.39, 0.29) is 11.8 Å². The van der Waals surface area contributed by atoms with Crippen LogP contribution in [0.2, 0.25) is 0 Å². The molecular formula is C24H23N3O2. The van der Waals surface area contributed by atoms with Crippen LogP contribution >= 0.6 is 0 Å². The van der Waals surface area contributed by atoms with Crippen LogP contribution in [0.25, 0.3) is 22.2 Å². The van der Waals surface area contributed by atoms with E-state index in [4.69, 9.17) is 4.52 Å². The van der Waals surface area contributed by atoms with Gasteiger partial charge in [0, 0.05) is 17.0 Å². The van der Waals surface area contributed by atoms with Crippen LogP contribution in [-0.4, -0.2) is 33.9 Å². The number of nitrogens with one attached hydrogen (secondary N) is 1. The lowest BCUT2D eigenvalue weighted by Gasteiger charge is -2.21. The van der Waals surface area contributed by atoms with E-state index in [1.807, 2.05) is 67.6 Å². The van der Waals surface area contributed by atoms with Gasteiger partial charge in [0.2, 0.25) is 0 Å². The lowest BCUT2D eigenvalue weighted by Crippen LogP contribution is -2.29. The number of aromatic amines is 1. The van der Waals surface area contributed by atoms with Gasteiger partial charge in [0.05, 0.1) is 29.5 Å². The molecule has 1 aliphatic rings. The van der Waals surface area contributed by atoms with Crippen molar-refractivity contribution >= 4 is 16.7 Å². The summed E-state index contributed by atoms with van der Waals surface area (Å²) in [7, 11) is 0. The second-order valence-corrected chi connectivity index (χ2v) is 7.71.